The van der Waals surface area contributed by atoms with Crippen LogP contribution >= 0.6 is 15.9 Å². The lowest BCUT2D eigenvalue weighted by molar-refractivity contribution is 0.580. The summed E-state index contributed by atoms with van der Waals surface area (Å²) in [4.78, 5) is 4.53. The standard InChI is InChI=1S/C12H15BrFN/c1-6(2)9-7(3)15-12(8-4-5-8)10(13)11(9)14/h6,8H,4-5H2,1-3H3. The predicted octanol–water partition coefficient (Wildman–Crippen LogP) is 4.29. The van der Waals surface area contributed by atoms with Crippen molar-refractivity contribution in [3.05, 3.63) is 27.2 Å². The summed E-state index contributed by atoms with van der Waals surface area (Å²) in [5.41, 5.74) is 2.49. The summed E-state index contributed by atoms with van der Waals surface area (Å²) >= 11 is 3.34. The Labute approximate surface area is 98.2 Å². The van der Waals surface area contributed by atoms with Gasteiger partial charge in [-0.25, -0.2) is 4.39 Å². The molecule has 1 aliphatic rings. The molecule has 1 saturated carbocycles. The molecular formula is C12H15BrFN. The summed E-state index contributed by atoms with van der Waals surface area (Å²) < 4.78 is 14.7. The predicted molar refractivity (Wildman–Crippen MR) is 62.7 cm³/mol. The first-order valence-electron chi connectivity index (χ1n) is 5.37. The van der Waals surface area contributed by atoms with Crippen molar-refractivity contribution in [2.45, 2.75) is 45.4 Å². The van der Waals surface area contributed by atoms with Crippen LogP contribution in [0.25, 0.3) is 0 Å². The normalized spacial score (nSPS) is 16.1. The van der Waals surface area contributed by atoms with Gasteiger partial charge in [-0.1, -0.05) is 13.8 Å². The average molecular weight is 272 g/mol. The van der Waals surface area contributed by atoms with Gasteiger partial charge in [0, 0.05) is 17.2 Å². The molecule has 1 fully saturated rings. The molecule has 0 amide bonds. The van der Waals surface area contributed by atoms with E-state index in [1.165, 1.54) is 0 Å². The third kappa shape index (κ3) is 1.94. The highest BCUT2D eigenvalue weighted by atomic mass is 79.9. The van der Waals surface area contributed by atoms with Gasteiger partial charge in [0.2, 0.25) is 0 Å². The summed E-state index contributed by atoms with van der Waals surface area (Å²) in [7, 11) is 0. The first kappa shape index (κ1) is 11.1. The topological polar surface area (TPSA) is 12.9 Å². The van der Waals surface area contributed by atoms with Crippen LogP contribution in [0.5, 0.6) is 0 Å². The van der Waals surface area contributed by atoms with E-state index in [4.69, 9.17) is 0 Å². The lowest BCUT2D eigenvalue weighted by atomic mass is 10.00. The molecule has 0 spiro atoms. The number of aromatic nitrogens is 1. The molecule has 0 unspecified atom stereocenters. The highest BCUT2D eigenvalue weighted by Gasteiger charge is 2.30. The van der Waals surface area contributed by atoms with Gasteiger partial charge in [0.15, 0.2) is 0 Å². The lowest BCUT2D eigenvalue weighted by Gasteiger charge is -2.14. The molecule has 82 valence electrons. The van der Waals surface area contributed by atoms with Crippen LogP contribution in [-0.2, 0) is 0 Å². The molecule has 0 aliphatic heterocycles. The van der Waals surface area contributed by atoms with E-state index in [0.29, 0.717) is 10.4 Å². The summed E-state index contributed by atoms with van der Waals surface area (Å²) in [5.74, 6) is 0.551. The van der Waals surface area contributed by atoms with E-state index in [2.05, 4.69) is 20.9 Å². The van der Waals surface area contributed by atoms with Crippen molar-refractivity contribution in [1.29, 1.82) is 0 Å². The third-order valence-corrected chi connectivity index (χ3v) is 3.63. The van der Waals surface area contributed by atoms with Crippen molar-refractivity contribution in [1.82, 2.24) is 4.98 Å². The van der Waals surface area contributed by atoms with Gasteiger partial charge in [0.05, 0.1) is 10.2 Å². The van der Waals surface area contributed by atoms with Crippen molar-refractivity contribution in [2.24, 2.45) is 0 Å². The highest BCUT2D eigenvalue weighted by Crippen LogP contribution is 2.44. The monoisotopic (exact) mass is 271 g/mol. The molecule has 1 nitrogen and oxygen atoms in total. The van der Waals surface area contributed by atoms with Crippen molar-refractivity contribution < 1.29 is 4.39 Å². The quantitative estimate of drug-likeness (QED) is 0.782. The van der Waals surface area contributed by atoms with Gasteiger partial charge in [-0.3, -0.25) is 4.98 Å². The van der Waals surface area contributed by atoms with Crippen molar-refractivity contribution in [3.63, 3.8) is 0 Å². The van der Waals surface area contributed by atoms with E-state index in [1.807, 2.05) is 20.8 Å². The molecule has 1 heterocycles. The minimum Gasteiger partial charge on any atom is -0.256 e. The minimum atomic E-state index is -0.112. The molecule has 2 rings (SSSR count). The maximum Gasteiger partial charge on any atom is 0.144 e. The van der Waals surface area contributed by atoms with Crippen LogP contribution in [0.4, 0.5) is 4.39 Å². The molecule has 1 aromatic heterocycles. The van der Waals surface area contributed by atoms with E-state index < -0.39 is 0 Å². The van der Waals surface area contributed by atoms with Crippen LogP contribution in [0.2, 0.25) is 0 Å². The number of aryl methyl sites for hydroxylation is 1. The van der Waals surface area contributed by atoms with Crippen LogP contribution < -0.4 is 0 Å². The molecule has 1 aliphatic carbocycles. The van der Waals surface area contributed by atoms with Gasteiger partial charge in [-0.15, -0.1) is 0 Å². The summed E-state index contributed by atoms with van der Waals surface area (Å²) in [6.45, 7) is 5.89. The Kier molecular flexibility index (Phi) is 2.84. The Balaban J connectivity index is 2.56. The molecule has 3 heteroatoms. The molecule has 1 aromatic rings. The second kappa shape index (κ2) is 3.85. The number of hydrogen-bond donors (Lipinski definition) is 0. The Hall–Kier alpha value is -0.440. The van der Waals surface area contributed by atoms with Crippen LogP contribution in [0.15, 0.2) is 4.47 Å². The molecule has 0 saturated heterocycles. The maximum atomic E-state index is 14.1. The number of pyridine rings is 1. The van der Waals surface area contributed by atoms with Crippen LogP contribution in [-0.4, -0.2) is 4.98 Å². The SMILES string of the molecule is Cc1nc(C2CC2)c(Br)c(F)c1C(C)C. The third-order valence-electron chi connectivity index (χ3n) is 2.87. The highest BCUT2D eigenvalue weighted by molar-refractivity contribution is 9.10. The van der Waals surface area contributed by atoms with Crippen LogP contribution in [0.1, 0.15) is 55.5 Å². The lowest BCUT2D eigenvalue weighted by Crippen LogP contribution is -2.04. The summed E-state index contributed by atoms with van der Waals surface area (Å²) in [5, 5.41) is 0. The Morgan fingerprint density at radius 3 is 2.47 bits per heavy atom. The van der Waals surface area contributed by atoms with Crippen LogP contribution in [0.3, 0.4) is 0 Å². The van der Waals surface area contributed by atoms with Crippen LogP contribution in [0, 0.1) is 12.7 Å². The minimum absolute atomic E-state index is 0.112. The van der Waals surface area contributed by atoms with E-state index in [-0.39, 0.29) is 11.7 Å². The zero-order chi connectivity index (χ0) is 11.2. The summed E-state index contributed by atoms with van der Waals surface area (Å²) in [6.07, 6.45) is 2.29. The molecule has 0 radical (unpaired) electrons. The van der Waals surface area contributed by atoms with E-state index in [1.54, 1.807) is 0 Å². The van der Waals surface area contributed by atoms with Gasteiger partial charge >= 0.3 is 0 Å². The molecule has 0 N–H and O–H groups in total. The van der Waals surface area contributed by atoms with Gasteiger partial charge < -0.3 is 0 Å². The van der Waals surface area contributed by atoms with E-state index in [9.17, 15) is 4.39 Å². The summed E-state index contributed by atoms with van der Waals surface area (Å²) in [6, 6.07) is 0. The van der Waals surface area contributed by atoms with Gasteiger partial charge in [-0.05, 0) is 41.6 Å². The average Bonchev–Trinajstić information content (AvgIpc) is 2.94. The first-order chi connectivity index (χ1) is 7.02. The second-order valence-corrected chi connectivity index (χ2v) is 5.35. The Bertz CT molecular complexity index is 397. The zero-order valence-electron chi connectivity index (χ0n) is 9.27. The largest absolute Gasteiger partial charge is 0.256 e. The molecule has 0 bridgehead atoms. The molecular weight excluding hydrogens is 257 g/mol. The maximum absolute atomic E-state index is 14.1. The Morgan fingerprint density at radius 2 is 2.00 bits per heavy atom. The van der Waals surface area contributed by atoms with Gasteiger partial charge in [0.1, 0.15) is 5.82 Å². The fourth-order valence-electron chi connectivity index (χ4n) is 1.98. The van der Waals surface area contributed by atoms with Crippen molar-refractivity contribution in [2.75, 3.05) is 0 Å². The second-order valence-electron chi connectivity index (χ2n) is 4.55. The fraction of sp³-hybridized carbons (Fsp3) is 0.583. The fourth-order valence-corrected chi connectivity index (χ4v) is 2.60. The number of rotatable bonds is 2. The number of halogens is 2. The molecule has 0 atom stereocenters. The van der Waals surface area contributed by atoms with E-state index in [0.717, 1.165) is 29.8 Å². The van der Waals surface area contributed by atoms with Crippen molar-refractivity contribution >= 4 is 15.9 Å². The molecule has 15 heavy (non-hydrogen) atoms. The Morgan fingerprint density at radius 1 is 1.40 bits per heavy atom. The molecule has 0 aromatic carbocycles. The first-order valence-corrected chi connectivity index (χ1v) is 6.17. The zero-order valence-corrected chi connectivity index (χ0v) is 10.9. The van der Waals surface area contributed by atoms with Gasteiger partial charge in [-0.2, -0.15) is 0 Å². The number of hydrogen-bond acceptors (Lipinski definition) is 1. The smallest absolute Gasteiger partial charge is 0.144 e. The van der Waals surface area contributed by atoms with Gasteiger partial charge in [0.25, 0.3) is 0 Å². The number of nitrogens with zero attached hydrogens (tertiary/aromatic N) is 1. The van der Waals surface area contributed by atoms with Crippen molar-refractivity contribution in [3.8, 4) is 0 Å². The van der Waals surface area contributed by atoms with E-state index >= 15 is 0 Å².